The molecule has 1 saturated carbocycles. The Morgan fingerprint density at radius 2 is 2.04 bits per heavy atom. The van der Waals surface area contributed by atoms with Crippen molar-refractivity contribution >= 4 is 11.8 Å². The largest absolute Gasteiger partial charge is 0.492 e. The Morgan fingerprint density at radius 3 is 2.65 bits per heavy atom. The summed E-state index contributed by atoms with van der Waals surface area (Å²) >= 11 is 1.37. The van der Waals surface area contributed by atoms with E-state index in [0.717, 1.165) is 12.8 Å². The number of rotatable bonds is 6. The molecule has 0 saturated heterocycles. The highest BCUT2D eigenvalue weighted by atomic mass is 32.2. The Bertz CT molecular complexity index is 713. The third-order valence-corrected chi connectivity index (χ3v) is 4.04. The summed E-state index contributed by atoms with van der Waals surface area (Å²) in [5.74, 6) is 0.779. The van der Waals surface area contributed by atoms with Gasteiger partial charge in [-0.1, -0.05) is 0 Å². The molecule has 3 rings (SSSR count). The van der Waals surface area contributed by atoms with Gasteiger partial charge in [-0.3, -0.25) is 0 Å². The number of halogens is 2. The van der Waals surface area contributed by atoms with Gasteiger partial charge in [0.05, 0.1) is 19.0 Å². The smallest absolute Gasteiger partial charge is 0.388 e. The summed E-state index contributed by atoms with van der Waals surface area (Å²) in [6.45, 7) is -2.98. The average Bonchev–Trinajstić information content (AvgIpc) is 3.38. The fourth-order valence-electron chi connectivity index (χ4n) is 2.19. The predicted octanol–water partition coefficient (Wildman–Crippen LogP) is 3.14. The molecule has 6 nitrogen and oxygen atoms in total. The number of hydrogen-bond donors (Lipinski definition) is 0. The summed E-state index contributed by atoms with van der Waals surface area (Å²) in [6, 6.07) is 0. The number of alkyl halides is 2. The minimum Gasteiger partial charge on any atom is -0.492 e. The van der Waals surface area contributed by atoms with Gasteiger partial charge in [0, 0.05) is 5.92 Å². The molecule has 9 heteroatoms. The van der Waals surface area contributed by atoms with Gasteiger partial charge >= 0.3 is 6.61 Å². The van der Waals surface area contributed by atoms with E-state index in [1.807, 2.05) is 6.26 Å². The molecule has 2 aromatic heterocycles. The summed E-state index contributed by atoms with van der Waals surface area (Å²) < 4.78 is 35.1. The lowest BCUT2D eigenvalue weighted by Gasteiger charge is -2.13. The first kappa shape index (κ1) is 15.9. The van der Waals surface area contributed by atoms with Crippen LogP contribution in [0.25, 0.3) is 11.4 Å². The van der Waals surface area contributed by atoms with E-state index in [9.17, 15) is 8.78 Å². The van der Waals surface area contributed by atoms with Crippen molar-refractivity contribution in [1.29, 1.82) is 0 Å². The van der Waals surface area contributed by atoms with E-state index in [0.29, 0.717) is 22.0 Å². The van der Waals surface area contributed by atoms with Crippen molar-refractivity contribution in [1.82, 2.24) is 19.9 Å². The van der Waals surface area contributed by atoms with Crippen LogP contribution in [0, 0.1) is 0 Å². The molecule has 0 unspecified atom stereocenters. The molecule has 1 fully saturated rings. The number of thioether (sulfide) groups is 1. The van der Waals surface area contributed by atoms with Gasteiger partial charge in [-0.05, 0) is 19.1 Å². The molecule has 23 heavy (non-hydrogen) atoms. The van der Waals surface area contributed by atoms with Crippen molar-refractivity contribution in [2.24, 2.45) is 0 Å². The molecular weight excluding hydrogens is 326 g/mol. The van der Waals surface area contributed by atoms with Crippen molar-refractivity contribution < 1.29 is 18.3 Å². The van der Waals surface area contributed by atoms with E-state index in [4.69, 9.17) is 4.74 Å². The molecule has 2 heterocycles. The van der Waals surface area contributed by atoms with Gasteiger partial charge in [0.1, 0.15) is 16.9 Å². The van der Waals surface area contributed by atoms with E-state index in [2.05, 4.69) is 24.7 Å². The zero-order chi connectivity index (χ0) is 16.4. The first-order valence-corrected chi connectivity index (χ1v) is 8.11. The molecule has 0 spiro atoms. The molecule has 0 radical (unpaired) electrons. The van der Waals surface area contributed by atoms with Crippen LogP contribution in [-0.4, -0.2) is 39.9 Å². The van der Waals surface area contributed by atoms with Gasteiger partial charge in [0.15, 0.2) is 11.6 Å². The Kier molecular flexibility index (Phi) is 4.56. The summed E-state index contributed by atoms with van der Waals surface area (Å²) in [5, 5.41) is 0.603. The monoisotopic (exact) mass is 340 g/mol. The fraction of sp³-hybridized carbons (Fsp3) is 0.429. The van der Waals surface area contributed by atoms with Crippen LogP contribution in [0.4, 0.5) is 8.78 Å². The van der Waals surface area contributed by atoms with Gasteiger partial charge in [-0.25, -0.2) is 19.9 Å². The maximum Gasteiger partial charge on any atom is 0.388 e. The topological polar surface area (TPSA) is 70.0 Å². The average molecular weight is 340 g/mol. The molecule has 1 aliphatic carbocycles. The summed E-state index contributed by atoms with van der Waals surface area (Å²) in [4.78, 5) is 16.7. The molecule has 0 aromatic carbocycles. The molecule has 0 N–H and O–H groups in total. The van der Waals surface area contributed by atoms with Crippen molar-refractivity contribution in [2.45, 2.75) is 30.4 Å². The van der Waals surface area contributed by atoms with Gasteiger partial charge in [0.25, 0.3) is 0 Å². The molecule has 122 valence electrons. The van der Waals surface area contributed by atoms with Crippen LogP contribution in [0.5, 0.6) is 11.6 Å². The molecule has 0 bridgehead atoms. The van der Waals surface area contributed by atoms with E-state index in [1.54, 1.807) is 0 Å². The second kappa shape index (κ2) is 6.61. The minimum absolute atomic E-state index is 0.200. The highest BCUT2D eigenvalue weighted by Crippen LogP contribution is 2.45. The predicted molar refractivity (Wildman–Crippen MR) is 80.0 cm³/mol. The highest BCUT2D eigenvalue weighted by molar-refractivity contribution is 7.98. The SMILES string of the molecule is COc1cnc(-c2c(OC(F)F)ncnc2C2CC2)nc1SC. The maximum atomic E-state index is 12.7. The van der Waals surface area contributed by atoms with E-state index in [-0.39, 0.29) is 17.6 Å². The molecule has 0 atom stereocenters. The van der Waals surface area contributed by atoms with Crippen LogP contribution in [0.1, 0.15) is 24.5 Å². The standard InChI is InChI=1S/C14H14F2N4O2S/c1-21-8-5-17-11(20-13(8)23-2)9-10(7-3-4-7)18-6-19-12(9)22-14(15)16/h5-7,14H,3-4H2,1-2H3. The number of methoxy groups -OCH3 is 1. The number of nitrogens with zero attached hydrogens (tertiary/aromatic N) is 4. The lowest BCUT2D eigenvalue weighted by atomic mass is 10.1. The van der Waals surface area contributed by atoms with E-state index >= 15 is 0 Å². The van der Waals surface area contributed by atoms with E-state index in [1.165, 1.54) is 31.4 Å². The summed E-state index contributed by atoms with van der Waals surface area (Å²) in [7, 11) is 1.52. The molecule has 0 amide bonds. The van der Waals surface area contributed by atoms with Gasteiger partial charge in [-0.2, -0.15) is 8.78 Å². The fourth-order valence-corrected chi connectivity index (χ4v) is 2.71. The Balaban J connectivity index is 2.13. The van der Waals surface area contributed by atoms with Crippen molar-refractivity contribution in [3.05, 3.63) is 18.2 Å². The van der Waals surface area contributed by atoms with Crippen LogP contribution >= 0.6 is 11.8 Å². The van der Waals surface area contributed by atoms with Crippen molar-refractivity contribution in [2.75, 3.05) is 13.4 Å². The first-order chi connectivity index (χ1) is 11.1. The van der Waals surface area contributed by atoms with Crippen molar-refractivity contribution in [3.8, 4) is 23.0 Å². The second-order valence-corrected chi connectivity index (χ2v) is 5.66. The summed E-state index contributed by atoms with van der Waals surface area (Å²) in [6.07, 6.45) is 6.47. The molecule has 2 aromatic rings. The van der Waals surface area contributed by atoms with Crippen LogP contribution < -0.4 is 9.47 Å². The highest BCUT2D eigenvalue weighted by Gasteiger charge is 2.32. The van der Waals surface area contributed by atoms with Gasteiger partial charge in [-0.15, -0.1) is 11.8 Å². The Labute approximate surface area is 135 Å². The third-order valence-electron chi connectivity index (χ3n) is 3.37. The lowest BCUT2D eigenvalue weighted by molar-refractivity contribution is -0.0525. The van der Waals surface area contributed by atoms with Crippen LogP contribution in [0.15, 0.2) is 17.6 Å². The first-order valence-electron chi connectivity index (χ1n) is 6.89. The zero-order valence-electron chi connectivity index (χ0n) is 12.5. The molecule has 0 aliphatic heterocycles. The maximum absolute atomic E-state index is 12.7. The van der Waals surface area contributed by atoms with Crippen LogP contribution in [-0.2, 0) is 0 Å². The Morgan fingerprint density at radius 1 is 1.26 bits per heavy atom. The van der Waals surface area contributed by atoms with Crippen LogP contribution in [0.2, 0.25) is 0 Å². The Hall–Kier alpha value is -2.03. The second-order valence-electron chi connectivity index (χ2n) is 4.86. The van der Waals surface area contributed by atoms with Crippen LogP contribution in [0.3, 0.4) is 0 Å². The number of aromatic nitrogens is 4. The number of hydrogen-bond acceptors (Lipinski definition) is 7. The molecule has 1 aliphatic rings. The minimum atomic E-state index is -2.98. The summed E-state index contributed by atoms with van der Waals surface area (Å²) in [5.41, 5.74) is 0.973. The van der Waals surface area contributed by atoms with Gasteiger partial charge in [0.2, 0.25) is 5.88 Å². The van der Waals surface area contributed by atoms with Crippen molar-refractivity contribution in [3.63, 3.8) is 0 Å². The third kappa shape index (κ3) is 3.34. The quantitative estimate of drug-likeness (QED) is 0.591. The molecular formula is C14H14F2N4O2S. The normalized spacial score (nSPS) is 14.1. The zero-order valence-corrected chi connectivity index (χ0v) is 13.3. The van der Waals surface area contributed by atoms with Gasteiger partial charge < -0.3 is 9.47 Å². The van der Waals surface area contributed by atoms with E-state index < -0.39 is 6.61 Å². The number of ether oxygens (including phenoxy) is 2. The lowest BCUT2D eigenvalue weighted by Crippen LogP contribution is -2.09.